The summed E-state index contributed by atoms with van der Waals surface area (Å²) in [6, 6.07) is -0.116. The zero-order valence-corrected chi connectivity index (χ0v) is 14.2. The second-order valence-electron chi connectivity index (χ2n) is 6.19. The Bertz CT molecular complexity index is 404. The number of nitrogens with zero attached hydrogens (tertiary/aromatic N) is 1. The van der Waals surface area contributed by atoms with Crippen LogP contribution in [0.2, 0.25) is 0 Å². The quantitative estimate of drug-likeness (QED) is 0.521. The number of hydrogen-bond acceptors (Lipinski definition) is 4. The Balaban J connectivity index is 2.15. The van der Waals surface area contributed by atoms with Gasteiger partial charge in [-0.15, -0.1) is 0 Å². The molecule has 3 N–H and O–H groups in total. The normalized spacial score (nSPS) is 20.9. The van der Waals surface area contributed by atoms with Crippen LogP contribution in [0.5, 0.6) is 0 Å². The van der Waals surface area contributed by atoms with Crippen molar-refractivity contribution in [1.82, 2.24) is 10.2 Å². The molecule has 1 heterocycles. The van der Waals surface area contributed by atoms with E-state index in [9.17, 15) is 14.4 Å². The van der Waals surface area contributed by atoms with Gasteiger partial charge in [-0.05, 0) is 46.0 Å². The molecule has 7 nitrogen and oxygen atoms in total. The van der Waals surface area contributed by atoms with Crippen molar-refractivity contribution in [2.45, 2.75) is 70.9 Å². The predicted molar refractivity (Wildman–Crippen MR) is 86.6 cm³/mol. The van der Waals surface area contributed by atoms with Crippen LogP contribution in [0.25, 0.3) is 0 Å². The Morgan fingerprint density at radius 2 is 1.78 bits per heavy atom. The fourth-order valence-electron chi connectivity index (χ4n) is 2.98. The number of carbonyl (C=O) groups excluding carboxylic acids is 3. The van der Waals surface area contributed by atoms with Crippen molar-refractivity contribution >= 4 is 17.9 Å². The predicted octanol–water partition coefficient (Wildman–Crippen LogP) is 1.55. The summed E-state index contributed by atoms with van der Waals surface area (Å²) >= 11 is 0. The number of amides is 3. The van der Waals surface area contributed by atoms with E-state index in [1.54, 1.807) is 0 Å². The molecule has 1 fully saturated rings. The van der Waals surface area contributed by atoms with E-state index in [0.29, 0.717) is 13.0 Å². The van der Waals surface area contributed by atoms with Gasteiger partial charge in [0.05, 0.1) is 0 Å². The Labute approximate surface area is 137 Å². The van der Waals surface area contributed by atoms with Crippen molar-refractivity contribution in [1.29, 1.82) is 0 Å². The molecule has 0 saturated carbocycles. The SMILES string of the molecule is C[C@H]1CCC[C@H](C)N1C(=O)COC(=O)CCCCCNC(N)=O. The Kier molecular flexibility index (Phi) is 8.43. The molecule has 132 valence electrons. The second-order valence-corrected chi connectivity index (χ2v) is 6.19. The van der Waals surface area contributed by atoms with E-state index in [1.165, 1.54) is 0 Å². The molecule has 0 aromatic heterocycles. The maximum absolute atomic E-state index is 12.2. The van der Waals surface area contributed by atoms with E-state index in [1.807, 2.05) is 18.7 Å². The van der Waals surface area contributed by atoms with Gasteiger partial charge in [0.1, 0.15) is 0 Å². The van der Waals surface area contributed by atoms with E-state index in [0.717, 1.165) is 32.1 Å². The molecule has 0 unspecified atom stereocenters. The fraction of sp³-hybridized carbons (Fsp3) is 0.812. The van der Waals surface area contributed by atoms with Crippen molar-refractivity contribution in [3.8, 4) is 0 Å². The Morgan fingerprint density at radius 1 is 1.13 bits per heavy atom. The number of piperidine rings is 1. The minimum atomic E-state index is -0.538. The van der Waals surface area contributed by atoms with Crippen molar-refractivity contribution in [3.05, 3.63) is 0 Å². The van der Waals surface area contributed by atoms with E-state index in [2.05, 4.69) is 5.32 Å². The minimum Gasteiger partial charge on any atom is -0.456 e. The maximum Gasteiger partial charge on any atom is 0.312 e. The molecular formula is C16H29N3O4. The van der Waals surface area contributed by atoms with Gasteiger partial charge in [0, 0.05) is 25.0 Å². The number of rotatable bonds is 8. The molecule has 23 heavy (non-hydrogen) atoms. The molecule has 0 aliphatic carbocycles. The summed E-state index contributed by atoms with van der Waals surface area (Å²) in [6.07, 6.45) is 5.66. The van der Waals surface area contributed by atoms with E-state index >= 15 is 0 Å². The van der Waals surface area contributed by atoms with Crippen molar-refractivity contribution in [3.63, 3.8) is 0 Å². The average molecular weight is 327 g/mol. The second kappa shape index (κ2) is 10.1. The van der Waals surface area contributed by atoms with E-state index < -0.39 is 6.03 Å². The van der Waals surface area contributed by atoms with E-state index in [4.69, 9.17) is 10.5 Å². The van der Waals surface area contributed by atoms with Crippen LogP contribution in [0.1, 0.15) is 58.8 Å². The molecule has 1 aliphatic heterocycles. The van der Waals surface area contributed by atoms with Crippen LogP contribution < -0.4 is 11.1 Å². The van der Waals surface area contributed by atoms with Gasteiger partial charge in [-0.25, -0.2) is 4.79 Å². The average Bonchev–Trinajstić information content (AvgIpc) is 2.48. The lowest BCUT2D eigenvalue weighted by atomic mass is 9.97. The molecule has 3 amide bonds. The number of unbranched alkanes of at least 4 members (excludes halogenated alkanes) is 2. The van der Waals surface area contributed by atoms with Crippen LogP contribution in [0.15, 0.2) is 0 Å². The Hall–Kier alpha value is -1.79. The largest absolute Gasteiger partial charge is 0.456 e. The highest BCUT2D eigenvalue weighted by molar-refractivity contribution is 5.81. The first-order valence-corrected chi connectivity index (χ1v) is 8.42. The van der Waals surface area contributed by atoms with Gasteiger partial charge >= 0.3 is 12.0 Å². The van der Waals surface area contributed by atoms with Crippen LogP contribution in [0, 0.1) is 0 Å². The van der Waals surface area contributed by atoms with Gasteiger partial charge in [-0.3, -0.25) is 9.59 Å². The molecule has 0 aromatic rings. The number of likely N-dealkylation sites (tertiary alicyclic amines) is 1. The molecule has 0 radical (unpaired) electrons. The smallest absolute Gasteiger partial charge is 0.312 e. The fourth-order valence-corrected chi connectivity index (χ4v) is 2.98. The van der Waals surface area contributed by atoms with Crippen molar-refractivity contribution in [2.75, 3.05) is 13.2 Å². The first-order valence-electron chi connectivity index (χ1n) is 8.42. The maximum atomic E-state index is 12.2. The molecule has 2 atom stereocenters. The molecule has 1 aliphatic rings. The number of esters is 1. The number of hydrogen-bond donors (Lipinski definition) is 2. The van der Waals surface area contributed by atoms with E-state index in [-0.39, 0.29) is 37.0 Å². The number of carbonyl (C=O) groups is 3. The molecule has 0 bridgehead atoms. The molecular weight excluding hydrogens is 298 g/mol. The van der Waals surface area contributed by atoms with Crippen LogP contribution in [-0.2, 0) is 14.3 Å². The number of ether oxygens (including phenoxy) is 1. The van der Waals surface area contributed by atoms with Gasteiger partial charge < -0.3 is 20.7 Å². The van der Waals surface area contributed by atoms with Crippen LogP contribution in [-0.4, -0.2) is 48.0 Å². The summed E-state index contributed by atoms with van der Waals surface area (Å²) in [5.74, 6) is -0.456. The monoisotopic (exact) mass is 327 g/mol. The molecule has 0 aromatic carbocycles. The summed E-state index contributed by atoms with van der Waals surface area (Å²) in [5, 5.41) is 2.49. The van der Waals surface area contributed by atoms with Crippen LogP contribution in [0.4, 0.5) is 4.79 Å². The first-order chi connectivity index (χ1) is 10.9. The van der Waals surface area contributed by atoms with Gasteiger partial charge in [-0.2, -0.15) is 0 Å². The van der Waals surface area contributed by atoms with Crippen LogP contribution >= 0.6 is 0 Å². The number of urea groups is 1. The highest BCUT2D eigenvalue weighted by Gasteiger charge is 2.29. The number of nitrogens with two attached hydrogens (primary N) is 1. The first kappa shape index (κ1) is 19.3. The minimum absolute atomic E-state index is 0.108. The number of nitrogens with one attached hydrogen (secondary N) is 1. The lowest BCUT2D eigenvalue weighted by molar-refractivity contribution is -0.154. The van der Waals surface area contributed by atoms with Gasteiger partial charge in [0.15, 0.2) is 6.61 Å². The van der Waals surface area contributed by atoms with Crippen molar-refractivity contribution < 1.29 is 19.1 Å². The molecule has 7 heteroatoms. The summed E-state index contributed by atoms with van der Waals surface area (Å²) in [7, 11) is 0. The summed E-state index contributed by atoms with van der Waals surface area (Å²) in [4.78, 5) is 36.2. The molecule has 1 saturated heterocycles. The highest BCUT2D eigenvalue weighted by Crippen LogP contribution is 2.22. The van der Waals surface area contributed by atoms with Crippen molar-refractivity contribution in [2.24, 2.45) is 5.73 Å². The summed E-state index contributed by atoms with van der Waals surface area (Å²) in [5.41, 5.74) is 4.94. The lowest BCUT2D eigenvalue weighted by Gasteiger charge is -2.38. The third kappa shape index (κ3) is 7.34. The lowest BCUT2D eigenvalue weighted by Crippen LogP contribution is -2.49. The summed E-state index contributed by atoms with van der Waals surface area (Å²) in [6.45, 7) is 4.41. The zero-order chi connectivity index (χ0) is 17.2. The zero-order valence-electron chi connectivity index (χ0n) is 14.2. The third-order valence-electron chi connectivity index (χ3n) is 4.20. The standard InChI is InChI=1S/C16H29N3O4/c1-12-7-6-8-13(2)19(12)14(20)11-23-15(21)9-4-3-5-10-18-16(17)22/h12-13H,3-11H2,1-2H3,(H3,17,18,22)/t12-,13-/m0/s1. The highest BCUT2D eigenvalue weighted by atomic mass is 16.5. The Morgan fingerprint density at radius 3 is 2.39 bits per heavy atom. The summed E-state index contributed by atoms with van der Waals surface area (Å²) < 4.78 is 5.08. The number of primary amides is 1. The topological polar surface area (TPSA) is 102 Å². The van der Waals surface area contributed by atoms with Gasteiger partial charge in [-0.1, -0.05) is 6.42 Å². The van der Waals surface area contributed by atoms with Crippen LogP contribution in [0.3, 0.4) is 0 Å². The third-order valence-corrected chi connectivity index (χ3v) is 4.20. The molecule has 0 spiro atoms. The van der Waals surface area contributed by atoms with Gasteiger partial charge in [0.2, 0.25) is 0 Å². The van der Waals surface area contributed by atoms with Gasteiger partial charge in [0.25, 0.3) is 5.91 Å². The molecule has 1 rings (SSSR count).